The van der Waals surface area contributed by atoms with Crippen molar-refractivity contribution >= 4 is 27.3 Å². The predicted molar refractivity (Wildman–Crippen MR) is 104 cm³/mol. The lowest BCUT2D eigenvalue weighted by Gasteiger charge is -2.33. The van der Waals surface area contributed by atoms with Gasteiger partial charge in [0.05, 0.1) is 23.3 Å². The predicted octanol–water partition coefficient (Wildman–Crippen LogP) is 3.50. The Morgan fingerprint density at radius 1 is 1.33 bits per heavy atom. The highest BCUT2D eigenvalue weighted by Crippen LogP contribution is 2.37. The monoisotopic (exact) mass is 443 g/mol. The van der Waals surface area contributed by atoms with Crippen molar-refractivity contribution < 1.29 is 31.1 Å². The maximum absolute atomic E-state index is 13.2. The molecule has 1 aliphatic rings. The van der Waals surface area contributed by atoms with Crippen molar-refractivity contribution in [1.82, 2.24) is 4.98 Å². The highest BCUT2D eigenvalue weighted by atomic mass is 32.2. The lowest BCUT2D eigenvalue weighted by molar-refractivity contribution is -0.175. The molecule has 7 nitrogen and oxygen atoms in total. The molecule has 0 fully saturated rings. The summed E-state index contributed by atoms with van der Waals surface area (Å²) in [6, 6.07) is 7.57. The number of hydrogen-bond acceptors (Lipinski definition) is 5. The summed E-state index contributed by atoms with van der Waals surface area (Å²) in [5.74, 6) is -3.51. The molecule has 1 amide bonds. The smallest absolute Gasteiger partial charge is 0.400 e. The number of benzene rings is 1. The van der Waals surface area contributed by atoms with E-state index in [0.717, 1.165) is 23.0 Å². The molecule has 1 aliphatic heterocycles. The fraction of sp³-hybridized carbons (Fsp3) is 0.368. The van der Waals surface area contributed by atoms with Crippen LogP contribution in [0, 0.1) is 12.8 Å². The first-order valence-electron chi connectivity index (χ1n) is 9.03. The number of sulfonamides is 1. The molecule has 11 heteroatoms. The second-order valence-electron chi connectivity index (χ2n) is 7.08. The normalized spacial score (nSPS) is 17.7. The van der Waals surface area contributed by atoms with Gasteiger partial charge < -0.3 is 10.1 Å². The Hall–Kier alpha value is -2.82. The van der Waals surface area contributed by atoms with Crippen LogP contribution in [0.4, 0.5) is 24.5 Å². The quantitative estimate of drug-likeness (QED) is 0.781. The van der Waals surface area contributed by atoms with Crippen LogP contribution >= 0.6 is 0 Å². The molecule has 2 aromatic rings. The summed E-state index contributed by atoms with van der Waals surface area (Å²) in [6.45, 7) is 4.14. The number of pyridine rings is 1. The third-order valence-corrected chi connectivity index (χ3v) is 6.34. The van der Waals surface area contributed by atoms with Crippen molar-refractivity contribution in [2.45, 2.75) is 37.9 Å². The lowest BCUT2D eigenvalue weighted by Crippen LogP contribution is -2.42. The average Bonchev–Trinajstić information content (AvgIpc) is 2.66. The summed E-state index contributed by atoms with van der Waals surface area (Å²) in [7, 11) is -4.00. The molecule has 1 aromatic heterocycles. The number of anilines is 2. The van der Waals surface area contributed by atoms with Gasteiger partial charge in [0.2, 0.25) is 11.8 Å². The van der Waals surface area contributed by atoms with Crippen LogP contribution in [0.3, 0.4) is 0 Å². The molecule has 2 heterocycles. The van der Waals surface area contributed by atoms with Crippen molar-refractivity contribution in [3.8, 4) is 5.88 Å². The number of rotatable bonds is 4. The second-order valence-corrected chi connectivity index (χ2v) is 8.94. The van der Waals surface area contributed by atoms with Gasteiger partial charge >= 0.3 is 6.18 Å². The van der Waals surface area contributed by atoms with Gasteiger partial charge in [-0.3, -0.25) is 9.10 Å². The van der Waals surface area contributed by atoms with E-state index in [1.807, 2.05) is 0 Å². The molecule has 0 spiro atoms. The minimum atomic E-state index is -4.70. The Labute approximate surface area is 171 Å². The Morgan fingerprint density at radius 2 is 2.03 bits per heavy atom. The van der Waals surface area contributed by atoms with Crippen LogP contribution < -0.4 is 14.4 Å². The summed E-state index contributed by atoms with van der Waals surface area (Å²) in [5, 5.41) is 2.13. The summed E-state index contributed by atoms with van der Waals surface area (Å²) in [4.78, 5) is 15.9. The number of fused-ring (bicyclic) bond motifs is 1. The number of aryl methyl sites for hydroxylation is 1. The third-order valence-electron chi connectivity index (χ3n) is 4.57. The number of alkyl halides is 3. The van der Waals surface area contributed by atoms with Gasteiger partial charge in [-0.05, 0) is 44.5 Å². The van der Waals surface area contributed by atoms with E-state index in [9.17, 15) is 26.4 Å². The molecule has 30 heavy (non-hydrogen) atoms. The van der Waals surface area contributed by atoms with Gasteiger partial charge in [0.1, 0.15) is 17.7 Å². The van der Waals surface area contributed by atoms with Gasteiger partial charge in [0, 0.05) is 0 Å². The molecule has 0 aliphatic carbocycles. The number of ether oxygens (including phenoxy) is 1. The lowest BCUT2D eigenvalue weighted by atomic mass is 10.1. The van der Waals surface area contributed by atoms with E-state index in [1.165, 1.54) is 18.2 Å². The van der Waals surface area contributed by atoms with E-state index >= 15 is 0 Å². The van der Waals surface area contributed by atoms with Crippen LogP contribution in [0.5, 0.6) is 5.88 Å². The minimum Gasteiger partial charge on any atom is -0.471 e. The van der Waals surface area contributed by atoms with Crippen LogP contribution in [0.25, 0.3) is 0 Å². The average molecular weight is 443 g/mol. The van der Waals surface area contributed by atoms with Crippen LogP contribution in [0.15, 0.2) is 41.4 Å². The maximum Gasteiger partial charge on any atom is 0.400 e. The molecule has 0 saturated heterocycles. The number of carbonyl (C=O) groups excluding carboxylic acids is 1. The molecule has 1 aromatic carbocycles. The number of halogens is 3. The molecule has 1 unspecified atom stereocenters. The van der Waals surface area contributed by atoms with E-state index in [2.05, 4.69) is 10.3 Å². The van der Waals surface area contributed by atoms with Crippen LogP contribution in [-0.4, -0.2) is 38.1 Å². The maximum atomic E-state index is 13.2. The van der Waals surface area contributed by atoms with Crippen molar-refractivity contribution in [2.75, 3.05) is 16.2 Å². The number of hydrogen-bond donors (Lipinski definition) is 1. The zero-order chi connectivity index (χ0) is 22.3. The van der Waals surface area contributed by atoms with E-state index in [0.29, 0.717) is 0 Å². The summed E-state index contributed by atoms with van der Waals surface area (Å²) >= 11 is 0. The number of nitrogens with one attached hydrogen (secondary N) is 1. The van der Waals surface area contributed by atoms with Gasteiger partial charge in [-0.1, -0.05) is 12.1 Å². The first-order chi connectivity index (χ1) is 13.9. The molecule has 0 bridgehead atoms. The summed E-state index contributed by atoms with van der Waals surface area (Å²) in [5.41, 5.74) is 0.711. The molecule has 3 rings (SSSR count). The highest BCUT2D eigenvalue weighted by molar-refractivity contribution is 7.92. The van der Waals surface area contributed by atoms with Crippen molar-refractivity contribution in [3.63, 3.8) is 0 Å². The molecule has 2 atom stereocenters. The van der Waals surface area contributed by atoms with Crippen LogP contribution in [0.2, 0.25) is 0 Å². The van der Waals surface area contributed by atoms with E-state index in [4.69, 9.17) is 4.74 Å². The standard InChI is InChI=1S/C19H20F3N3O4S/c1-11-5-4-6-15(7-11)30(27,28)25-10-12(2)29-18-16(25)8-14(9-23-18)24-17(26)13(3)19(20,21)22/h4-9,12-13H,10H2,1-3H3,(H,24,26)/t12-,13?/m0/s1. The summed E-state index contributed by atoms with van der Waals surface area (Å²) in [6.07, 6.45) is -4.09. The van der Waals surface area contributed by atoms with Gasteiger partial charge in [-0.15, -0.1) is 0 Å². The highest BCUT2D eigenvalue weighted by Gasteiger charge is 2.41. The zero-order valence-corrected chi connectivity index (χ0v) is 17.2. The van der Waals surface area contributed by atoms with E-state index in [1.54, 1.807) is 26.0 Å². The molecule has 162 valence electrons. The first kappa shape index (κ1) is 21.9. The van der Waals surface area contributed by atoms with Crippen molar-refractivity contribution in [3.05, 3.63) is 42.1 Å². The largest absolute Gasteiger partial charge is 0.471 e. The summed E-state index contributed by atoms with van der Waals surface area (Å²) < 4.78 is 71.4. The van der Waals surface area contributed by atoms with Crippen LogP contribution in [0.1, 0.15) is 19.4 Å². The second kappa shape index (κ2) is 7.78. The van der Waals surface area contributed by atoms with Crippen LogP contribution in [-0.2, 0) is 14.8 Å². The number of amides is 1. The molecule has 1 N–H and O–H groups in total. The molecular formula is C19H20F3N3O4S. The topological polar surface area (TPSA) is 88.6 Å². The molecule has 0 saturated carbocycles. The Morgan fingerprint density at radius 3 is 2.67 bits per heavy atom. The Balaban J connectivity index is 1.99. The third kappa shape index (κ3) is 4.35. The Bertz CT molecular complexity index is 1070. The minimum absolute atomic E-state index is 0.00634. The van der Waals surface area contributed by atoms with Gasteiger partial charge in [-0.2, -0.15) is 13.2 Å². The molecular weight excluding hydrogens is 423 g/mol. The fourth-order valence-electron chi connectivity index (χ4n) is 2.87. The molecule has 0 radical (unpaired) electrons. The van der Waals surface area contributed by atoms with Gasteiger partial charge in [-0.25, -0.2) is 13.4 Å². The number of nitrogens with zero attached hydrogens (tertiary/aromatic N) is 2. The zero-order valence-electron chi connectivity index (χ0n) is 16.4. The van der Waals surface area contributed by atoms with Gasteiger partial charge in [0.15, 0.2) is 0 Å². The van der Waals surface area contributed by atoms with E-state index < -0.39 is 34.1 Å². The van der Waals surface area contributed by atoms with Crippen molar-refractivity contribution in [1.29, 1.82) is 0 Å². The van der Waals surface area contributed by atoms with Crippen molar-refractivity contribution in [2.24, 2.45) is 5.92 Å². The Kier molecular flexibility index (Phi) is 5.68. The first-order valence-corrected chi connectivity index (χ1v) is 10.5. The van der Waals surface area contributed by atoms with Gasteiger partial charge in [0.25, 0.3) is 10.0 Å². The number of carbonyl (C=O) groups is 1. The van der Waals surface area contributed by atoms with E-state index in [-0.39, 0.29) is 28.7 Å². The fourth-order valence-corrected chi connectivity index (χ4v) is 4.50. The number of aromatic nitrogens is 1. The SMILES string of the molecule is Cc1cccc(S(=O)(=O)N2C[C@H](C)Oc3ncc(NC(=O)C(C)C(F)(F)F)cc32)c1.